The Hall–Kier alpha value is -0.160. The summed E-state index contributed by atoms with van der Waals surface area (Å²) in [6, 6.07) is 0. The molecule has 1 rings (SSSR count). The van der Waals surface area contributed by atoms with Gasteiger partial charge in [0.05, 0.1) is 0 Å². The molecular formula is C8H20N4. The molecule has 1 saturated heterocycles. The molecule has 0 spiro atoms. The van der Waals surface area contributed by atoms with E-state index >= 15 is 0 Å². The van der Waals surface area contributed by atoms with Crippen molar-refractivity contribution in [2.75, 3.05) is 32.8 Å². The maximum atomic E-state index is 3.34. The van der Waals surface area contributed by atoms with E-state index in [0.717, 1.165) is 32.8 Å². The largest absolute Gasteiger partial charge is 0.304 e. The number of rotatable bonds is 0. The SMILES string of the molecule is C1CCNCNCCNNCC1. The molecule has 0 saturated carbocycles. The molecule has 12 heavy (non-hydrogen) atoms. The van der Waals surface area contributed by atoms with E-state index in [1.165, 1.54) is 19.3 Å². The Morgan fingerprint density at radius 2 is 1.33 bits per heavy atom. The Kier molecular flexibility index (Phi) is 6.19. The summed E-state index contributed by atoms with van der Waals surface area (Å²) >= 11 is 0. The molecule has 0 unspecified atom stereocenters. The van der Waals surface area contributed by atoms with E-state index in [9.17, 15) is 0 Å². The smallest absolute Gasteiger partial charge is 0.0454 e. The molecule has 1 fully saturated rings. The Balaban J connectivity index is 2.00. The van der Waals surface area contributed by atoms with Crippen molar-refractivity contribution in [2.24, 2.45) is 0 Å². The third kappa shape index (κ3) is 5.49. The number of hydrazine groups is 1. The fourth-order valence-corrected chi connectivity index (χ4v) is 1.23. The van der Waals surface area contributed by atoms with Crippen LogP contribution in [0.3, 0.4) is 0 Å². The van der Waals surface area contributed by atoms with Crippen LogP contribution in [0, 0.1) is 0 Å². The van der Waals surface area contributed by atoms with Gasteiger partial charge in [-0.3, -0.25) is 10.9 Å². The van der Waals surface area contributed by atoms with Gasteiger partial charge in [0.2, 0.25) is 0 Å². The topological polar surface area (TPSA) is 48.1 Å². The molecule has 0 bridgehead atoms. The van der Waals surface area contributed by atoms with Crippen LogP contribution in [0.1, 0.15) is 19.3 Å². The van der Waals surface area contributed by atoms with Crippen LogP contribution in [-0.2, 0) is 0 Å². The third-order valence-corrected chi connectivity index (χ3v) is 1.96. The van der Waals surface area contributed by atoms with Gasteiger partial charge >= 0.3 is 0 Å². The summed E-state index contributed by atoms with van der Waals surface area (Å²) < 4.78 is 0. The van der Waals surface area contributed by atoms with E-state index in [2.05, 4.69) is 21.5 Å². The van der Waals surface area contributed by atoms with E-state index in [1.807, 2.05) is 0 Å². The van der Waals surface area contributed by atoms with Crippen molar-refractivity contribution in [3.8, 4) is 0 Å². The highest BCUT2D eigenvalue weighted by atomic mass is 15.3. The van der Waals surface area contributed by atoms with E-state index < -0.39 is 0 Å². The lowest BCUT2D eigenvalue weighted by Crippen LogP contribution is -2.40. The molecule has 72 valence electrons. The Bertz CT molecular complexity index is 54.0. The maximum absolute atomic E-state index is 3.34. The monoisotopic (exact) mass is 172 g/mol. The molecule has 4 nitrogen and oxygen atoms in total. The number of nitrogens with one attached hydrogen (secondary N) is 4. The lowest BCUT2D eigenvalue weighted by molar-refractivity contribution is 0.465. The van der Waals surface area contributed by atoms with Crippen molar-refractivity contribution in [3.63, 3.8) is 0 Å². The first kappa shape index (κ1) is 9.92. The van der Waals surface area contributed by atoms with Gasteiger partial charge in [-0.1, -0.05) is 6.42 Å². The second-order valence-corrected chi connectivity index (χ2v) is 3.09. The molecule has 1 aliphatic rings. The van der Waals surface area contributed by atoms with E-state index in [-0.39, 0.29) is 0 Å². The maximum Gasteiger partial charge on any atom is 0.0454 e. The van der Waals surface area contributed by atoms with E-state index in [4.69, 9.17) is 0 Å². The van der Waals surface area contributed by atoms with E-state index in [1.54, 1.807) is 0 Å². The van der Waals surface area contributed by atoms with Gasteiger partial charge in [-0.15, -0.1) is 0 Å². The normalized spacial score (nSPS) is 24.0. The minimum atomic E-state index is 0.932. The second kappa shape index (κ2) is 7.49. The van der Waals surface area contributed by atoms with Crippen LogP contribution in [0.25, 0.3) is 0 Å². The van der Waals surface area contributed by atoms with Crippen LogP contribution >= 0.6 is 0 Å². The van der Waals surface area contributed by atoms with Gasteiger partial charge in [0.15, 0.2) is 0 Å². The molecule has 0 aromatic carbocycles. The molecule has 4 N–H and O–H groups in total. The molecule has 1 aliphatic heterocycles. The van der Waals surface area contributed by atoms with Gasteiger partial charge in [0.25, 0.3) is 0 Å². The predicted molar refractivity (Wildman–Crippen MR) is 50.7 cm³/mol. The number of hydrogen-bond acceptors (Lipinski definition) is 4. The fraction of sp³-hybridized carbons (Fsp3) is 1.00. The van der Waals surface area contributed by atoms with Crippen molar-refractivity contribution < 1.29 is 0 Å². The zero-order chi connectivity index (χ0) is 8.49. The minimum absolute atomic E-state index is 0.932. The van der Waals surface area contributed by atoms with Crippen LogP contribution < -0.4 is 21.5 Å². The summed E-state index contributed by atoms with van der Waals surface area (Å²) in [6.45, 7) is 5.16. The van der Waals surface area contributed by atoms with Gasteiger partial charge < -0.3 is 10.6 Å². The predicted octanol–water partition coefficient (Wildman–Crippen LogP) is -0.599. The van der Waals surface area contributed by atoms with Crippen LogP contribution in [0.5, 0.6) is 0 Å². The third-order valence-electron chi connectivity index (χ3n) is 1.96. The molecule has 0 amide bonds. The Morgan fingerprint density at radius 3 is 2.33 bits per heavy atom. The van der Waals surface area contributed by atoms with Gasteiger partial charge in [0, 0.05) is 26.3 Å². The first-order valence-electron chi connectivity index (χ1n) is 4.87. The molecule has 0 radical (unpaired) electrons. The van der Waals surface area contributed by atoms with Gasteiger partial charge in [-0.2, -0.15) is 0 Å². The van der Waals surface area contributed by atoms with Crippen molar-refractivity contribution in [2.45, 2.75) is 19.3 Å². The zero-order valence-electron chi connectivity index (χ0n) is 7.66. The minimum Gasteiger partial charge on any atom is -0.304 e. The van der Waals surface area contributed by atoms with E-state index in [0.29, 0.717) is 0 Å². The quantitative estimate of drug-likeness (QED) is 0.394. The summed E-state index contributed by atoms with van der Waals surface area (Å²) in [5.41, 5.74) is 6.36. The lowest BCUT2D eigenvalue weighted by atomic mass is 10.2. The Labute approximate surface area is 74.5 Å². The first-order chi connectivity index (χ1) is 6.00. The first-order valence-corrected chi connectivity index (χ1v) is 4.87. The standard InChI is InChI=1S/C8H20N4/c1-2-4-9-8-10-6-7-12-11-5-3-1/h9-12H,1-8H2. The summed E-state index contributed by atoms with van der Waals surface area (Å²) in [7, 11) is 0. The van der Waals surface area contributed by atoms with Crippen LogP contribution in [0.4, 0.5) is 0 Å². The second-order valence-electron chi connectivity index (χ2n) is 3.09. The fourth-order valence-electron chi connectivity index (χ4n) is 1.23. The molecule has 0 atom stereocenters. The summed E-state index contributed by atoms with van der Waals surface area (Å²) in [6.07, 6.45) is 3.85. The summed E-state index contributed by atoms with van der Waals surface area (Å²) in [5, 5.41) is 6.63. The highest BCUT2D eigenvalue weighted by Crippen LogP contribution is 1.91. The molecule has 0 aliphatic carbocycles. The van der Waals surface area contributed by atoms with Crippen molar-refractivity contribution >= 4 is 0 Å². The number of hydrogen-bond donors (Lipinski definition) is 4. The van der Waals surface area contributed by atoms with Crippen LogP contribution in [0.2, 0.25) is 0 Å². The van der Waals surface area contributed by atoms with Crippen molar-refractivity contribution in [1.29, 1.82) is 0 Å². The summed E-state index contributed by atoms with van der Waals surface area (Å²) in [4.78, 5) is 0. The molecule has 0 aromatic rings. The summed E-state index contributed by atoms with van der Waals surface area (Å²) in [5.74, 6) is 0. The highest BCUT2D eigenvalue weighted by Gasteiger charge is 1.92. The molecule has 4 heteroatoms. The van der Waals surface area contributed by atoms with Gasteiger partial charge in [-0.05, 0) is 19.4 Å². The van der Waals surface area contributed by atoms with Crippen LogP contribution in [0.15, 0.2) is 0 Å². The lowest BCUT2D eigenvalue weighted by Gasteiger charge is -2.11. The molecule has 0 aromatic heterocycles. The average Bonchev–Trinajstić information content (AvgIpc) is 2.05. The Morgan fingerprint density at radius 1 is 0.583 bits per heavy atom. The average molecular weight is 172 g/mol. The molecule has 1 heterocycles. The molecular weight excluding hydrogens is 152 g/mol. The van der Waals surface area contributed by atoms with Crippen LogP contribution in [-0.4, -0.2) is 32.8 Å². The van der Waals surface area contributed by atoms with Gasteiger partial charge in [0.1, 0.15) is 0 Å². The highest BCUT2D eigenvalue weighted by molar-refractivity contribution is 4.53. The zero-order valence-corrected chi connectivity index (χ0v) is 7.66. The van der Waals surface area contributed by atoms with Crippen molar-refractivity contribution in [3.05, 3.63) is 0 Å². The van der Waals surface area contributed by atoms with Crippen molar-refractivity contribution in [1.82, 2.24) is 21.5 Å². The van der Waals surface area contributed by atoms with Gasteiger partial charge in [-0.25, -0.2) is 0 Å².